The predicted octanol–water partition coefficient (Wildman–Crippen LogP) is 3.57. The molecule has 0 spiro atoms. The molecule has 0 saturated carbocycles. The van der Waals surface area contributed by atoms with Crippen LogP contribution in [0.25, 0.3) is 10.6 Å². The van der Waals surface area contributed by atoms with E-state index < -0.39 is 6.10 Å². The third kappa shape index (κ3) is 2.54. The van der Waals surface area contributed by atoms with Crippen molar-refractivity contribution in [1.29, 1.82) is 0 Å². The maximum Gasteiger partial charge on any atom is 0.129 e. The lowest BCUT2D eigenvalue weighted by molar-refractivity contribution is 0.202. The minimum atomic E-state index is -0.476. The summed E-state index contributed by atoms with van der Waals surface area (Å²) in [6, 6.07) is 7.86. The van der Waals surface area contributed by atoms with Gasteiger partial charge in [-0.3, -0.25) is 0 Å². The maximum atomic E-state index is 9.68. The van der Waals surface area contributed by atoms with Crippen LogP contribution in [-0.2, 0) is 0 Å². The van der Waals surface area contributed by atoms with Crippen molar-refractivity contribution >= 4 is 11.3 Å². The maximum absolute atomic E-state index is 9.68. The molecule has 2 aromatic rings. The molecular weight excluding hydrogens is 246 g/mol. The van der Waals surface area contributed by atoms with Crippen LogP contribution in [0.2, 0.25) is 0 Å². The second kappa shape index (κ2) is 5.50. The summed E-state index contributed by atoms with van der Waals surface area (Å²) in [6.45, 7) is 6.28. The smallest absolute Gasteiger partial charge is 0.129 e. The minimum Gasteiger partial charge on any atom is -0.493 e. The first-order chi connectivity index (χ1) is 8.63. The largest absolute Gasteiger partial charge is 0.493 e. The highest BCUT2D eigenvalue weighted by Gasteiger charge is 2.15. The van der Waals surface area contributed by atoms with Crippen molar-refractivity contribution in [3.8, 4) is 16.3 Å². The van der Waals surface area contributed by atoms with Gasteiger partial charge in [-0.1, -0.05) is 12.1 Å². The van der Waals surface area contributed by atoms with Crippen molar-refractivity contribution in [2.75, 3.05) is 6.61 Å². The summed E-state index contributed by atoms with van der Waals surface area (Å²) in [7, 11) is 0. The number of thiazole rings is 1. The van der Waals surface area contributed by atoms with Gasteiger partial charge in [-0.25, -0.2) is 4.98 Å². The van der Waals surface area contributed by atoms with Crippen molar-refractivity contribution in [2.45, 2.75) is 26.9 Å². The second-order valence-electron chi connectivity index (χ2n) is 4.07. The number of hydrogen-bond donors (Lipinski definition) is 1. The number of aliphatic hydroxyl groups is 1. The third-order valence-electron chi connectivity index (χ3n) is 2.63. The fourth-order valence-corrected chi connectivity index (χ4v) is 2.87. The Balaban J connectivity index is 2.45. The highest BCUT2D eigenvalue weighted by atomic mass is 32.1. The second-order valence-corrected chi connectivity index (χ2v) is 5.10. The molecule has 1 atom stereocenters. The van der Waals surface area contributed by atoms with E-state index in [0.29, 0.717) is 6.61 Å². The molecule has 18 heavy (non-hydrogen) atoms. The summed E-state index contributed by atoms with van der Waals surface area (Å²) < 4.78 is 5.61. The average Bonchev–Trinajstić information content (AvgIpc) is 2.72. The van der Waals surface area contributed by atoms with Crippen LogP contribution in [0, 0.1) is 6.92 Å². The first-order valence-corrected chi connectivity index (χ1v) is 6.82. The lowest BCUT2D eigenvalue weighted by Crippen LogP contribution is -1.93. The van der Waals surface area contributed by atoms with E-state index >= 15 is 0 Å². The molecule has 0 bridgehead atoms. The highest BCUT2D eigenvalue weighted by Crippen LogP contribution is 2.36. The van der Waals surface area contributed by atoms with Crippen LogP contribution < -0.4 is 4.74 Å². The molecule has 0 fully saturated rings. The van der Waals surface area contributed by atoms with E-state index in [-0.39, 0.29) is 0 Å². The lowest BCUT2D eigenvalue weighted by Gasteiger charge is -2.07. The first-order valence-electron chi connectivity index (χ1n) is 6.01. The molecule has 0 aliphatic rings. The van der Waals surface area contributed by atoms with Gasteiger partial charge in [0.05, 0.1) is 28.8 Å². The van der Waals surface area contributed by atoms with Crippen molar-refractivity contribution in [2.24, 2.45) is 0 Å². The zero-order valence-corrected chi connectivity index (χ0v) is 11.6. The number of ether oxygens (including phenoxy) is 1. The minimum absolute atomic E-state index is 0.476. The summed E-state index contributed by atoms with van der Waals surface area (Å²) in [5, 5.41) is 10.6. The first kappa shape index (κ1) is 13.1. The number of benzene rings is 1. The summed E-state index contributed by atoms with van der Waals surface area (Å²) in [6.07, 6.45) is -0.476. The van der Waals surface area contributed by atoms with E-state index in [1.807, 2.05) is 38.1 Å². The van der Waals surface area contributed by atoms with Gasteiger partial charge >= 0.3 is 0 Å². The quantitative estimate of drug-likeness (QED) is 0.917. The number of nitrogens with zero attached hydrogens (tertiary/aromatic N) is 1. The van der Waals surface area contributed by atoms with E-state index in [0.717, 1.165) is 26.9 Å². The molecule has 1 unspecified atom stereocenters. The molecule has 0 amide bonds. The zero-order valence-electron chi connectivity index (χ0n) is 10.8. The van der Waals surface area contributed by atoms with Gasteiger partial charge in [0.25, 0.3) is 0 Å². The highest BCUT2D eigenvalue weighted by molar-refractivity contribution is 7.15. The number of para-hydroxylation sites is 1. The lowest BCUT2D eigenvalue weighted by atomic mass is 10.2. The van der Waals surface area contributed by atoms with Gasteiger partial charge in [0.15, 0.2) is 0 Å². The van der Waals surface area contributed by atoms with Crippen LogP contribution in [0.1, 0.15) is 30.5 Å². The third-order valence-corrected chi connectivity index (χ3v) is 3.99. The van der Waals surface area contributed by atoms with E-state index in [1.165, 1.54) is 11.3 Å². The van der Waals surface area contributed by atoms with Gasteiger partial charge in [-0.05, 0) is 32.9 Å². The Morgan fingerprint density at radius 3 is 2.72 bits per heavy atom. The molecular formula is C14H17NO2S. The van der Waals surface area contributed by atoms with Crippen LogP contribution in [0.5, 0.6) is 5.75 Å². The Hall–Kier alpha value is -1.39. The van der Waals surface area contributed by atoms with Crippen LogP contribution in [-0.4, -0.2) is 16.7 Å². The van der Waals surface area contributed by atoms with Crippen LogP contribution >= 0.6 is 11.3 Å². The Morgan fingerprint density at radius 1 is 1.39 bits per heavy atom. The van der Waals surface area contributed by atoms with Crippen molar-refractivity contribution < 1.29 is 9.84 Å². The topological polar surface area (TPSA) is 42.4 Å². The molecule has 4 heteroatoms. The molecule has 1 N–H and O–H groups in total. The van der Waals surface area contributed by atoms with Gasteiger partial charge in [0, 0.05) is 0 Å². The fourth-order valence-electron chi connectivity index (χ4n) is 1.84. The molecule has 1 heterocycles. The molecule has 0 radical (unpaired) electrons. The van der Waals surface area contributed by atoms with Crippen molar-refractivity contribution in [1.82, 2.24) is 4.98 Å². The van der Waals surface area contributed by atoms with Crippen LogP contribution in [0.4, 0.5) is 0 Å². The number of aliphatic hydroxyl groups excluding tert-OH is 1. The zero-order chi connectivity index (χ0) is 13.1. The van der Waals surface area contributed by atoms with Gasteiger partial charge in [-0.15, -0.1) is 11.3 Å². The molecule has 2 rings (SSSR count). The van der Waals surface area contributed by atoms with Gasteiger partial charge in [-0.2, -0.15) is 0 Å². The SMILES string of the molecule is CCOc1ccccc1-c1nc(C)c(C(C)O)s1. The normalized spacial score (nSPS) is 12.4. The standard InChI is InChI=1S/C14H17NO2S/c1-4-17-12-8-6-5-7-11(12)14-15-9(2)13(18-14)10(3)16/h5-8,10,16H,4H2,1-3H3. The number of hydrogen-bond acceptors (Lipinski definition) is 4. The summed E-state index contributed by atoms with van der Waals surface area (Å²) in [4.78, 5) is 5.44. The number of aromatic nitrogens is 1. The molecule has 1 aromatic heterocycles. The van der Waals surface area contributed by atoms with Gasteiger partial charge in [0.2, 0.25) is 0 Å². The predicted molar refractivity (Wildman–Crippen MR) is 74.1 cm³/mol. The molecule has 96 valence electrons. The van der Waals surface area contributed by atoms with Crippen LogP contribution in [0.15, 0.2) is 24.3 Å². The van der Waals surface area contributed by atoms with Gasteiger partial charge < -0.3 is 9.84 Å². The van der Waals surface area contributed by atoms with E-state index in [1.54, 1.807) is 6.92 Å². The van der Waals surface area contributed by atoms with Crippen LogP contribution in [0.3, 0.4) is 0 Å². The molecule has 1 aromatic carbocycles. The Kier molecular flexibility index (Phi) is 3.99. The van der Waals surface area contributed by atoms with E-state index in [2.05, 4.69) is 4.98 Å². The number of aryl methyl sites for hydroxylation is 1. The molecule has 3 nitrogen and oxygen atoms in total. The summed E-state index contributed by atoms with van der Waals surface area (Å²) in [5.74, 6) is 0.839. The number of rotatable bonds is 4. The molecule has 0 aliphatic carbocycles. The summed E-state index contributed by atoms with van der Waals surface area (Å²) in [5.41, 5.74) is 1.87. The molecule has 0 saturated heterocycles. The van der Waals surface area contributed by atoms with E-state index in [9.17, 15) is 5.11 Å². The molecule has 0 aliphatic heterocycles. The summed E-state index contributed by atoms with van der Waals surface area (Å²) >= 11 is 1.52. The monoisotopic (exact) mass is 263 g/mol. The fraction of sp³-hybridized carbons (Fsp3) is 0.357. The van der Waals surface area contributed by atoms with E-state index in [4.69, 9.17) is 4.74 Å². The van der Waals surface area contributed by atoms with Crippen molar-refractivity contribution in [3.05, 3.63) is 34.8 Å². The van der Waals surface area contributed by atoms with Gasteiger partial charge in [0.1, 0.15) is 10.8 Å². The Morgan fingerprint density at radius 2 is 2.11 bits per heavy atom. The average molecular weight is 263 g/mol. The van der Waals surface area contributed by atoms with Crippen molar-refractivity contribution in [3.63, 3.8) is 0 Å². The Bertz CT molecular complexity index is 534. The Labute approximate surface area is 111 Å².